The van der Waals surface area contributed by atoms with Gasteiger partial charge in [0.15, 0.2) is 0 Å². The molecule has 46 valence electrons. The van der Waals surface area contributed by atoms with Crippen LogP contribution in [-0.4, -0.2) is 21.6 Å². The molecule has 3 nitrogen and oxygen atoms in total. The van der Waals surface area contributed by atoms with E-state index in [-0.39, 0.29) is 5.75 Å². The van der Waals surface area contributed by atoms with Crippen molar-refractivity contribution in [3.8, 4) is 0 Å². The van der Waals surface area contributed by atoms with Crippen LogP contribution in [-0.2, 0) is 14.7 Å². The van der Waals surface area contributed by atoms with Crippen molar-refractivity contribution < 1.29 is 12.9 Å². The van der Waals surface area contributed by atoms with Gasteiger partial charge >= 0.3 is 0 Å². The smallest absolute Gasteiger partial charge is 0.0751 e. The zero-order chi connectivity index (χ0) is 5.91. The average Bonchev–Trinajstić information content (AvgIpc) is 1.68. The molecule has 7 heavy (non-hydrogen) atoms. The van der Waals surface area contributed by atoms with E-state index in [9.17, 15) is 4.21 Å². The topological polar surface area (TPSA) is 46.5 Å². The number of hydrogen-bond donors (Lipinski definition) is 2. The fraction of sp³-hybridized carbons (Fsp3) is 1.00. The average molecular weight is 126 g/mol. The van der Waals surface area contributed by atoms with Gasteiger partial charge in [0.25, 0.3) is 0 Å². The second-order valence-electron chi connectivity index (χ2n) is 1.14. The van der Waals surface area contributed by atoms with Crippen molar-refractivity contribution in [3.05, 3.63) is 0 Å². The second-order valence-corrected chi connectivity index (χ2v) is 3.41. The summed E-state index contributed by atoms with van der Waals surface area (Å²) in [5, 5.41) is 0. The summed E-state index contributed by atoms with van der Waals surface area (Å²) in [7, 11) is -1.93. The van der Waals surface area contributed by atoms with Gasteiger partial charge in [-0.15, -0.1) is 0 Å². The molecule has 0 heterocycles. The molecule has 0 saturated carbocycles. The monoisotopic (exact) mass is 126 g/mol. The molecule has 0 fully saturated rings. The molecule has 0 aromatic carbocycles. The van der Waals surface area contributed by atoms with E-state index < -0.39 is 10.5 Å². The summed E-state index contributed by atoms with van der Waals surface area (Å²) < 4.78 is 22.9. The van der Waals surface area contributed by atoms with E-state index in [1.807, 2.05) is 0 Å². The van der Waals surface area contributed by atoms with Crippen molar-refractivity contribution in [2.75, 3.05) is 12.9 Å². The maximum Gasteiger partial charge on any atom is 0.0751 e. The molecule has 1 N–H and O–H groups in total. The Balaban J connectivity index is 3.61. The van der Waals surface area contributed by atoms with Crippen LogP contribution in [0.25, 0.3) is 0 Å². The highest BCUT2D eigenvalue weighted by atomic mass is 32.3. The van der Waals surface area contributed by atoms with Crippen LogP contribution < -0.4 is 0 Å². The SMILES string of the molecule is CC[SH](=O)(O)OC. The maximum atomic E-state index is 10.3. The molecule has 0 radical (unpaired) electrons. The van der Waals surface area contributed by atoms with Gasteiger partial charge in [0.1, 0.15) is 0 Å². The third-order valence-corrected chi connectivity index (χ3v) is 2.05. The van der Waals surface area contributed by atoms with Crippen molar-refractivity contribution >= 4 is 10.5 Å². The first-order valence-corrected chi connectivity index (χ1v) is 3.76. The van der Waals surface area contributed by atoms with E-state index >= 15 is 0 Å². The van der Waals surface area contributed by atoms with Crippen LogP contribution in [0.4, 0.5) is 0 Å². The minimum Gasteiger partial charge on any atom is -0.309 e. The van der Waals surface area contributed by atoms with Crippen molar-refractivity contribution in [3.63, 3.8) is 0 Å². The van der Waals surface area contributed by atoms with Gasteiger partial charge in [0.05, 0.1) is 17.6 Å². The molecule has 0 aliphatic rings. The Morgan fingerprint density at radius 3 is 2.29 bits per heavy atom. The molecule has 0 atom stereocenters. The third kappa shape index (κ3) is 2.73. The summed E-state index contributed by atoms with van der Waals surface area (Å²) in [6.45, 7) is 1.60. The standard InChI is InChI=1S/C3H10O3S/c1-3-7(4,5)6-2/h7H,3H2,1-2H3,(H,4,5). The minimum absolute atomic E-state index is 0.184. The number of hydrogen-bond acceptors (Lipinski definition) is 2. The van der Waals surface area contributed by atoms with Crippen molar-refractivity contribution in [1.82, 2.24) is 0 Å². The van der Waals surface area contributed by atoms with E-state index in [0.29, 0.717) is 0 Å². The first-order chi connectivity index (χ1) is 3.12. The van der Waals surface area contributed by atoms with Crippen LogP contribution in [0.3, 0.4) is 0 Å². The molecule has 0 unspecified atom stereocenters. The van der Waals surface area contributed by atoms with Gasteiger partial charge in [-0.25, -0.2) is 4.21 Å². The zero-order valence-corrected chi connectivity index (χ0v) is 5.31. The quantitative estimate of drug-likeness (QED) is 0.514. The number of rotatable bonds is 2. The largest absolute Gasteiger partial charge is 0.309 e. The molecule has 0 rings (SSSR count). The maximum absolute atomic E-state index is 10.3. The molecule has 4 heteroatoms. The lowest BCUT2D eigenvalue weighted by Gasteiger charge is -2.10. The van der Waals surface area contributed by atoms with Gasteiger partial charge in [-0.1, -0.05) is 6.92 Å². The van der Waals surface area contributed by atoms with Gasteiger partial charge < -0.3 is 4.55 Å². The summed E-state index contributed by atoms with van der Waals surface area (Å²) in [6.07, 6.45) is 0. The molecule has 0 spiro atoms. The fourth-order valence-electron chi connectivity index (χ4n) is 0.129. The highest BCUT2D eigenvalue weighted by Gasteiger charge is 1.99. The van der Waals surface area contributed by atoms with Crippen LogP contribution in [0.2, 0.25) is 0 Å². The molecule has 0 aromatic heterocycles. The predicted molar refractivity (Wildman–Crippen MR) is 29.7 cm³/mol. The predicted octanol–water partition coefficient (Wildman–Crippen LogP) is 0.0574. The van der Waals surface area contributed by atoms with Crippen LogP contribution >= 0.6 is 0 Å². The molecule has 0 amide bonds. The number of thiol groups is 1. The van der Waals surface area contributed by atoms with Crippen molar-refractivity contribution in [1.29, 1.82) is 0 Å². The van der Waals surface area contributed by atoms with Gasteiger partial charge in [-0.3, -0.25) is 4.18 Å². The van der Waals surface area contributed by atoms with Crippen LogP contribution in [0, 0.1) is 0 Å². The summed E-state index contributed by atoms with van der Waals surface area (Å²) >= 11 is 0. The Morgan fingerprint density at radius 2 is 2.29 bits per heavy atom. The molecule has 0 saturated heterocycles. The first kappa shape index (κ1) is 7.07. The minimum atomic E-state index is -3.15. The Kier molecular flexibility index (Phi) is 2.42. The molecule has 0 bridgehead atoms. The van der Waals surface area contributed by atoms with Crippen molar-refractivity contribution in [2.24, 2.45) is 0 Å². The lowest BCUT2D eigenvalue weighted by atomic mass is 11.0. The van der Waals surface area contributed by atoms with E-state index in [2.05, 4.69) is 4.18 Å². The summed E-state index contributed by atoms with van der Waals surface area (Å²) in [5.74, 6) is 0.184. The zero-order valence-electron chi connectivity index (χ0n) is 4.42. The lowest BCUT2D eigenvalue weighted by Crippen LogP contribution is -2.13. The first-order valence-electron chi connectivity index (χ1n) is 2.00. The Morgan fingerprint density at radius 1 is 1.86 bits per heavy atom. The van der Waals surface area contributed by atoms with Crippen LogP contribution in [0.15, 0.2) is 0 Å². The fourth-order valence-corrected chi connectivity index (χ4v) is 0.387. The van der Waals surface area contributed by atoms with E-state index in [4.69, 9.17) is 4.55 Å². The van der Waals surface area contributed by atoms with Gasteiger partial charge in [0.2, 0.25) is 0 Å². The van der Waals surface area contributed by atoms with E-state index in [1.54, 1.807) is 6.92 Å². The lowest BCUT2D eigenvalue weighted by molar-refractivity contribution is 0.355. The van der Waals surface area contributed by atoms with Crippen molar-refractivity contribution in [2.45, 2.75) is 6.92 Å². The van der Waals surface area contributed by atoms with Crippen LogP contribution in [0.1, 0.15) is 6.92 Å². The highest BCUT2D eigenvalue weighted by molar-refractivity contribution is 7.93. The molecule has 0 aliphatic carbocycles. The normalized spacial score (nSPS) is 14.1. The summed E-state index contributed by atoms with van der Waals surface area (Å²) in [4.78, 5) is 0. The summed E-state index contributed by atoms with van der Waals surface area (Å²) in [6, 6.07) is 0. The molecular formula is C3H10O3S. The Labute approximate surface area is 44.1 Å². The van der Waals surface area contributed by atoms with E-state index in [0.717, 1.165) is 0 Å². The Hall–Kier alpha value is 0.0700. The Bertz CT molecular complexity index is 82.2. The van der Waals surface area contributed by atoms with Crippen LogP contribution in [0.5, 0.6) is 0 Å². The van der Waals surface area contributed by atoms with Gasteiger partial charge in [-0.2, -0.15) is 0 Å². The van der Waals surface area contributed by atoms with Gasteiger partial charge in [0, 0.05) is 5.75 Å². The highest BCUT2D eigenvalue weighted by Crippen LogP contribution is 1.94. The molecule has 0 aliphatic heterocycles. The summed E-state index contributed by atoms with van der Waals surface area (Å²) in [5.41, 5.74) is 0. The van der Waals surface area contributed by atoms with E-state index in [1.165, 1.54) is 7.11 Å². The third-order valence-electron chi connectivity index (χ3n) is 0.685. The molecule has 0 aromatic rings. The molecular weight excluding hydrogens is 116 g/mol. The second kappa shape index (κ2) is 2.40. The van der Waals surface area contributed by atoms with Gasteiger partial charge in [-0.05, 0) is 0 Å².